The lowest BCUT2D eigenvalue weighted by atomic mass is 10.2. The van der Waals surface area contributed by atoms with E-state index in [0.717, 1.165) is 27.9 Å². The highest BCUT2D eigenvalue weighted by molar-refractivity contribution is 7.99. The fourth-order valence-corrected chi connectivity index (χ4v) is 4.74. The molecule has 1 N–H and O–H groups in total. The molecule has 0 radical (unpaired) electrons. The van der Waals surface area contributed by atoms with Crippen LogP contribution in [0.1, 0.15) is 11.0 Å². The molecule has 1 saturated heterocycles. The Hall–Kier alpha value is -2.32. The predicted molar refractivity (Wildman–Crippen MR) is 101 cm³/mol. The molecule has 128 valence electrons. The van der Waals surface area contributed by atoms with E-state index in [1.165, 1.54) is 0 Å². The van der Waals surface area contributed by atoms with Crippen LogP contribution < -0.4 is 5.32 Å². The molecule has 0 bridgehead atoms. The summed E-state index contributed by atoms with van der Waals surface area (Å²) in [6.07, 6.45) is 5.38. The normalized spacial score (nSPS) is 17.4. The molecule has 8 heteroatoms. The van der Waals surface area contributed by atoms with Crippen LogP contribution in [-0.4, -0.2) is 43.7 Å². The van der Waals surface area contributed by atoms with Crippen LogP contribution in [0.5, 0.6) is 0 Å². The first-order chi connectivity index (χ1) is 12.3. The number of amides is 2. The van der Waals surface area contributed by atoms with Crippen LogP contribution in [0.15, 0.2) is 54.3 Å². The highest BCUT2D eigenvalue weighted by Crippen LogP contribution is 2.31. The van der Waals surface area contributed by atoms with E-state index in [1.54, 1.807) is 28.4 Å². The van der Waals surface area contributed by atoms with E-state index in [2.05, 4.69) is 15.4 Å². The summed E-state index contributed by atoms with van der Waals surface area (Å²) in [6.45, 7) is 0.713. The Bertz CT molecular complexity index is 835. The lowest BCUT2D eigenvalue weighted by Gasteiger charge is -2.34. The Morgan fingerprint density at radius 3 is 2.96 bits per heavy atom. The van der Waals surface area contributed by atoms with Gasteiger partial charge < -0.3 is 10.2 Å². The molecule has 2 amide bonds. The number of hydrogen-bond acceptors (Lipinski definition) is 5. The van der Waals surface area contributed by atoms with Gasteiger partial charge in [-0.25, -0.2) is 14.5 Å². The van der Waals surface area contributed by atoms with Gasteiger partial charge >= 0.3 is 6.03 Å². The molecule has 1 fully saturated rings. The van der Waals surface area contributed by atoms with Crippen LogP contribution in [0.4, 0.5) is 10.5 Å². The van der Waals surface area contributed by atoms with Gasteiger partial charge in [0.05, 0.1) is 17.4 Å². The highest BCUT2D eigenvalue weighted by Gasteiger charge is 2.30. The number of hydrogen-bond donors (Lipinski definition) is 1. The fraction of sp³-hybridized carbons (Fsp3) is 0.235. The zero-order chi connectivity index (χ0) is 17.1. The molecule has 1 aliphatic rings. The van der Waals surface area contributed by atoms with Crippen molar-refractivity contribution in [3.63, 3.8) is 0 Å². The Kier molecular flexibility index (Phi) is 4.71. The van der Waals surface area contributed by atoms with Crippen molar-refractivity contribution in [3.05, 3.63) is 59.3 Å². The number of carbonyl (C=O) groups is 1. The van der Waals surface area contributed by atoms with Crippen molar-refractivity contribution < 1.29 is 4.79 Å². The Morgan fingerprint density at radius 1 is 1.24 bits per heavy atom. The van der Waals surface area contributed by atoms with Crippen molar-refractivity contribution in [1.82, 2.24) is 19.7 Å². The van der Waals surface area contributed by atoms with Gasteiger partial charge in [0.2, 0.25) is 0 Å². The summed E-state index contributed by atoms with van der Waals surface area (Å²) < 4.78 is 1.75. The number of anilines is 1. The quantitative estimate of drug-likeness (QED) is 0.763. The average molecular weight is 371 g/mol. The van der Waals surface area contributed by atoms with Gasteiger partial charge in [-0.2, -0.15) is 16.9 Å². The number of para-hydroxylation sites is 2. The van der Waals surface area contributed by atoms with Gasteiger partial charge in [0.15, 0.2) is 0 Å². The largest absolute Gasteiger partial charge is 0.322 e. The SMILES string of the molecule is O=C(Nc1ccccc1-n1cccn1)N1CCSC[C@H]1c1nccs1. The number of nitrogens with one attached hydrogen (secondary N) is 1. The third-order valence-corrected chi connectivity index (χ3v) is 5.92. The van der Waals surface area contributed by atoms with Crippen molar-refractivity contribution >= 4 is 34.8 Å². The summed E-state index contributed by atoms with van der Waals surface area (Å²) in [4.78, 5) is 19.2. The minimum Gasteiger partial charge on any atom is -0.313 e. The molecule has 1 aliphatic heterocycles. The third-order valence-electron chi connectivity index (χ3n) is 4.02. The lowest BCUT2D eigenvalue weighted by molar-refractivity contribution is 0.196. The molecule has 6 nitrogen and oxygen atoms in total. The fourth-order valence-electron chi connectivity index (χ4n) is 2.83. The Labute approximate surface area is 153 Å². The molecular formula is C17H17N5OS2. The monoisotopic (exact) mass is 371 g/mol. The lowest BCUT2D eigenvalue weighted by Crippen LogP contribution is -2.43. The zero-order valence-corrected chi connectivity index (χ0v) is 15.0. The number of carbonyl (C=O) groups excluding carboxylic acids is 1. The van der Waals surface area contributed by atoms with E-state index < -0.39 is 0 Å². The van der Waals surface area contributed by atoms with E-state index in [0.29, 0.717) is 6.54 Å². The first kappa shape index (κ1) is 16.2. The minimum absolute atomic E-state index is 0.0237. The maximum absolute atomic E-state index is 12.9. The molecule has 0 unspecified atom stereocenters. The molecule has 0 spiro atoms. The third kappa shape index (κ3) is 3.40. The maximum Gasteiger partial charge on any atom is 0.322 e. The highest BCUT2D eigenvalue weighted by atomic mass is 32.2. The van der Waals surface area contributed by atoms with Crippen LogP contribution in [0.3, 0.4) is 0 Å². The van der Waals surface area contributed by atoms with E-state index in [4.69, 9.17) is 0 Å². The van der Waals surface area contributed by atoms with E-state index in [1.807, 2.05) is 58.6 Å². The molecular weight excluding hydrogens is 354 g/mol. The molecule has 0 saturated carbocycles. The van der Waals surface area contributed by atoms with Crippen LogP contribution in [0.25, 0.3) is 5.69 Å². The second kappa shape index (κ2) is 7.28. The number of urea groups is 1. The second-order valence-electron chi connectivity index (χ2n) is 5.55. The molecule has 3 aromatic rings. The summed E-state index contributed by atoms with van der Waals surface area (Å²) in [5, 5.41) is 10.3. The minimum atomic E-state index is -0.0971. The molecule has 1 atom stereocenters. The van der Waals surface area contributed by atoms with E-state index in [9.17, 15) is 4.79 Å². The van der Waals surface area contributed by atoms with E-state index in [-0.39, 0.29) is 12.1 Å². The zero-order valence-electron chi connectivity index (χ0n) is 13.4. The van der Waals surface area contributed by atoms with Gasteiger partial charge in [0.1, 0.15) is 5.01 Å². The van der Waals surface area contributed by atoms with Gasteiger partial charge in [-0.15, -0.1) is 11.3 Å². The smallest absolute Gasteiger partial charge is 0.313 e. The van der Waals surface area contributed by atoms with Gasteiger partial charge in [-0.05, 0) is 18.2 Å². The van der Waals surface area contributed by atoms with Crippen molar-refractivity contribution in [2.45, 2.75) is 6.04 Å². The van der Waals surface area contributed by atoms with Crippen LogP contribution in [-0.2, 0) is 0 Å². The van der Waals surface area contributed by atoms with Gasteiger partial charge in [-0.3, -0.25) is 0 Å². The molecule has 25 heavy (non-hydrogen) atoms. The topological polar surface area (TPSA) is 63.1 Å². The maximum atomic E-state index is 12.9. The first-order valence-corrected chi connectivity index (χ1v) is 10.00. The Balaban J connectivity index is 1.57. The van der Waals surface area contributed by atoms with Gasteiger partial charge in [0, 0.05) is 42.0 Å². The summed E-state index contributed by atoms with van der Waals surface area (Å²) in [5.74, 6) is 1.82. The molecule has 0 aliphatic carbocycles. The van der Waals surface area contributed by atoms with Crippen molar-refractivity contribution in [2.75, 3.05) is 23.4 Å². The number of nitrogens with zero attached hydrogens (tertiary/aromatic N) is 4. The number of rotatable bonds is 3. The summed E-state index contributed by atoms with van der Waals surface area (Å²) in [7, 11) is 0. The van der Waals surface area contributed by atoms with Gasteiger partial charge in [-0.1, -0.05) is 12.1 Å². The second-order valence-corrected chi connectivity index (χ2v) is 7.63. The predicted octanol–water partition coefficient (Wildman–Crippen LogP) is 3.65. The van der Waals surface area contributed by atoms with Crippen molar-refractivity contribution in [2.24, 2.45) is 0 Å². The summed E-state index contributed by atoms with van der Waals surface area (Å²) >= 11 is 3.46. The first-order valence-electron chi connectivity index (χ1n) is 7.97. The van der Waals surface area contributed by atoms with Crippen molar-refractivity contribution in [1.29, 1.82) is 0 Å². The van der Waals surface area contributed by atoms with Crippen LogP contribution in [0.2, 0.25) is 0 Å². The summed E-state index contributed by atoms with van der Waals surface area (Å²) in [6, 6.07) is 9.46. The van der Waals surface area contributed by atoms with Gasteiger partial charge in [0.25, 0.3) is 0 Å². The van der Waals surface area contributed by atoms with E-state index >= 15 is 0 Å². The van der Waals surface area contributed by atoms with Crippen molar-refractivity contribution in [3.8, 4) is 5.69 Å². The molecule has 1 aromatic carbocycles. The summed E-state index contributed by atoms with van der Waals surface area (Å²) in [5.41, 5.74) is 1.59. The molecule has 2 aromatic heterocycles. The number of thioether (sulfide) groups is 1. The Morgan fingerprint density at radius 2 is 2.16 bits per heavy atom. The molecule has 3 heterocycles. The number of benzene rings is 1. The number of thiazole rings is 1. The number of aromatic nitrogens is 3. The van der Waals surface area contributed by atoms with Crippen LogP contribution >= 0.6 is 23.1 Å². The standard InChI is InChI=1S/C17H17N5OS2/c23-17(21-9-11-24-12-15(21)16-18-7-10-25-16)20-13-4-1-2-5-14(13)22-8-3-6-19-22/h1-8,10,15H,9,11-12H2,(H,20,23)/t15-/m0/s1. The average Bonchev–Trinajstić information content (AvgIpc) is 3.36. The molecule has 4 rings (SSSR count). The van der Waals surface area contributed by atoms with Crippen LogP contribution in [0, 0.1) is 0 Å².